The van der Waals surface area contributed by atoms with Gasteiger partial charge in [0.2, 0.25) is 0 Å². The van der Waals surface area contributed by atoms with Crippen LogP contribution >= 0.6 is 0 Å². The van der Waals surface area contributed by atoms with Crippen LogP contribution < -0.4 is 5.32 Å². The zero-order valence-electron chi connectivity index (χ0n) is 11.9. The molecule has 1 N–H and O–H groups in total. The van der Waals surface area contributed by atoms with Gasteiger partial charge in [0.05, 0.1) is 12.6 Å². The van der Waals surface area contributed by atoms with E-state index in [-0.39, 0.29) is 0 Å². The Balaban J connectivity index is 2.31. The Morgan fingerprint density at radius 1 is 1.17 bits per heavy atom. The highest BCUT2D eigenvalue weighted by atomic mass is 16.5. The van der Waals surface area contributed by atoms with Gasteiger partial charge in [0.25, 0.3) is 0 Å². The zero-order chi connectivity index (χ0) is 13.2. The standard InChI is InChI=1S/C15H26N2O/c1-17(2)12-8-7-11-16-15(13-18-3)14-9-5-4-6-10-14/h4-6,9-10,15-16H,7-8,11-13H2,1-3H3. The fourth-order valence-corrected chi connectivity index (χ4v) is 1.95. The number of rotatable bonds is 9. The molecular formula is C15H26N2O. The summed E-state index contributed by atoms with van der Waals surface area (Å²) in [6, 6.07) is 10.8. The Morgan fingerprint density at radius 3 is 2.50 bits per heavy atom. The molecule has 0 fully saturated rings. The molecule has 1 aromatic carbocycles. The molecule has 0 aliphatic rings. The van der Waals surface area contributed by atoms with Crippen LogP contribution in [0.15, 0.2) is 30.3 Å². The monoisotopic (exact) mass is 250 g/mol. The minimum absolute atomic E-state index is 0.301. The van der Waals surface area contributed by atoms with Crippen molar-refractivity contribution in [2.45, 2.75) is 18.9 Å². The van der Waals surface area contributed by atoms with Crippen molar-refractivity contribution >= 4 is 0 Å². The molecule has 0 heterocycles. The van der Waals surface area contributed by atoms with Gasteiger partial charge in [-0.3, -0.25) is 0 Å². The molecule has 0 spiro atoms. The highest BCUT2D eigenvalue weighted by Gasteiger charge is 2.09. The molecule has 1 rings (SSSR count). The van der Waals surface area contributed by atoms with Crippen LogP contribution in [0.4, 0.5) is 0 Å². The summed E-state index contributed by atoms with van der Waals surface area (Å²) in [6.45, 7) is 2.91. The maximum atomic E-state index is 5.28. The van der Waals surface area contributed by atoms with Crippen molar-refractivity contribution in [3.05, 3.63) is 35.9 Å². The first-order valence-electron chi connectivity index (χ1n) is 6.66. The third-order valence-electron chi connectivity index (χ3n) is 2.96. The van der Waals surface area contributed by atoms with Crippen molar-refractivity contribution < 1.29 is 4.74 Å². The molecule has 0 aliphatic heterocycles. The predicted octanol–water partition coefficient (Wildman–Crippen LogP) is 2.31. The molecule has 1 unspecified atom stereocenters. The highest BCUT2D eigenvalue weighted by Crippen LogP contribution is 2.12. The summed E-state index contributed by atoms with van der Waals surface area (Å²) in [5.74, 6) is 0. The molecule has 102 valence electrons. The number of hydrogen-bond donors (Lipinski definition) is 1. The lowest BCUT2D eigenvalue weighted by Gasteiger charge is -2.18. The molecule has 0 saturated carbocycles. The van der Waals surface area contributed by atoms with Crippen LogP contribution in [0.1, 0.15) is 24.4 Å². The van der Waals surface area contributed by atoms with Gasteiger partial charge in [-0.15, -0.1) is 0 Å². The third kappa shape index (κ3) is 6.15. The number of ether oxygens (including phenoxy) is 1. The Bertz CT molecular complexity index is 301. The fourth-order valence-electron chi connectivity index (χ4n) is 1.95. The number of nitrogens with zero attached hydrogens (tertiary/aromatic N) is 1. The maximum absolute atomic E-state index is 5.28. The number of benzene rings is 1. The first-order chi connectivity index (χ1) is 8.74. The van der Waals surface area contributed by atoms with Gasteiger partial charge in [-0.05, 0) is 45.6 Å². The van der Waals surface area contributed by atoms with Crippen molar-refractivity contribution in [1.82, 2.24) is 10.2 Å². The Labute approximate surface area is 111 Å². The summed E-state index contributed by atoms with van der Waals surface area (Å²) in [7, 11) is 5.99. The van der Waals surface area contributed by atoms with E-state index < -0.39 is 0 Å². The van der Waals surface area contributed by atoms with E-state index in [0.717, 1.165) is 19.7 Å². The van der Waals surface area contributed by atoms with E-state index in [1.165, 1.54) is 18.4 Å². The number of nitrogens with one attached hydrogen (secondary N) is 1. The molecule has 3 nitrogen and oxygen atoms in total. The van der Waals surface area contributed by atoms with Gasteiger partial charge in [-0.25, -0.2) is 0 Å². The molecule has 0 amide bonds. The van der Waals surface area contributed by atoms with Crippen molar-refractivity contribution in [3.8, 4) is 0 Å². The van der Waals surface area contributed by atoms with Crippen molar-refractivity contribution in [3.63, 3.8) is 0 Å². The molecule has 0 aliphatic carbocycles. The van der Waals surface area contributed by atoms with Gasteiger partial charge in [-0.1, -0.05) is 30.3 Å². The van der Waals surface area contributed by atoms with Crippen LogP contribution in [0.25, 0.3) is 0 Å². The smallest absolute Gasteiger partial charge is 0.0657 e. The Kier molecular flexibility index (Phi) is 7.65. The largest absolute Gasteiger partial charge is 0.383 e. The SMILES string of the molecule is COCC(NCCCCN(C)C)c1ccccc1. The molecule has 0 bridgehead atoms. The molecule has 0 saturated heterocycles. The van der Waals surface area contributed by atoms with E-state index in [1.807, 2.05) is 6.07 Å². The first kappa shape index (κ1) is 15.2. The van der Waals surface area contributed by atoms with Crippen molar-refractivity contribution in [2.24, 2.45) is 0 Å². The van der Waals surface area contributed by atoms with Crippen molar-refractivity contribution in [2.75, 3.05) is 40.9 Å². The molecule has 0 radical (unpaired) electrons. The van der Waals surface area contributed by atoms with Gasteiger partial charge < -0.3 is 15.0 Å². The van der Waals surface area contributed by atoms with E-state index in [4.69, 9.17) is 4.74 Å². The first-order valence-corrected chi connectivity index (χ1v) is 6.66. The second kappa shape index (κ2) is 9.09. The zero-order valence-corrected chi connectivity index (χ0v) is 11.9. The number of hydrogen-bond acceptors (Lipinski definition) is 3. The summed E-state index contributed by atoms with van der Waals surface area (Å²) in [5.41, 5.74) is 1.30. The topological polar surface area (TPSA) is 24.5 Å². The summed E-state index contributed by atoms with van der Waals surface area (Å²) in [6.07, 6.45) is 2.43. The lowest BCUT2D eigenvalue weighted by atomic mass is 10.1. The lowest BCUT2D eigenvalue weighted by Crippen LogP contribution is -2.26. The molecule has 1 atom stereocenters. The quantitative estimate of drug-likeness (QED) is 0.681. The summed E-state index contributed by atoms with van der Waals surface area (Å²) in [5, 5.41) is 3.57. The minimum atomic E-state index is 0.301. The fraction of sp³-hybridized carbons (Fsp3) is 0.600. The van der Waals surface area contributed by atoms with Gasteiger partial charge >= 0.3 is 0 Å². The Hall–Kier alpha value is -0.900. The van der Waals surface area contributed by atoms with Crippen LogP contribution in [-0.2, 0) is 4.74 Å². The second-order valence-electron chi connectivity index (χ2n) is 4.88. The van der Waals surface area contributed by atoms with E-state index in [1.54, 1.807) is 7.11 Å². The average Bonchev–Trinajstić information content (AvgIpc) is 2.38. The van der Waals surface area contributed by atoms with Crippen LogP contribution in [0, 0.1) is 0 Å². The van der Waals surface area contributed by atoms with Crippen LogP contribution in [0.3, 0.4) is 0 Å². The van der Waals surface area contributed by atoms with E-state index in [9.17, 15) is 0 Å². The highest BCUT2D eigenvalue weighted by molar-refractivity contribution is 5.18. The van der Waals surface area contributed by atoms with E-state index >= 15 is 0 Å². The third-order valence-corrected chi connectivity index (χ3v) is 2.96. The number of unbranched alkanes of at least 4 members (excludes halogenated alkanes) is 1. The van der Waals surface area contributed by atoms with Gasteiger partial charge in [0.1, 0.15) is 0 Å². The maximum Gasteiger partial charge on any atom is 0.0657 e. The van der Waals surface area contributed by atoms with Crippen molar-refractivity contribution in [1.29, 1.82) is 0 Å². The average molecular weight is 250 g/mol. The van der Waals surface area contributed by atoms with Crippen LogP contribution in [0.5, 0.6) is 0 Å². The van der Waals surface area contributed by atoms with E-state index in [0.29, 0.717) is 6.04 Å². The lowest BCUT2D eigenvalue weighted by molar-refractivity contribution is 0.166. The molecule has 18 heavy (non-hydrogen) atoms. The minimum Gasteiger partial charge on any atom is -0.383 e. The van der Waals surface area contributed by atoms with Gasteiger partial charge in [0.15, 0.2) is 0 Å². The van der Waals surface area contributed by atoms with Gasteiger partial charge in [-0.2, -0.15) is 0 Å². The predicted molar refractivity (Wildman–Crippen MR) is 76.8 cm³/mol. The van der Waals surface area contributed by atoms with Gasteiger partial charge in [0, 0.05) is 7.11 Å². The Morgan fingerprint density at radius 2 is 1.89 bits per heavy atom. The molecule has 1 aromatic rings. The normalized spacial score (nSPS) is 12.9. The van der Waals surface area contributed by atoms with Crippen LogP contribution in [0.2, 0.25) is 0 Å². The summed E-state index contributed by atoms with van der Waals surface area (Å²) in [4.78, 5) is 2.23. The van der Waals surface area contributed by atoms with E-state index in [2.05, 4.69) is 48.6 Å². The second-order valence-corrected chi connectivity index (χ2v) is 4.88. The molecule has 3 heteroatoms. The summed E-state index contributed by atoms with van der Waals surface area (Å²) < 4.78 is 5.28. The van der Waals surface area contributed by atoms with Crippen LogP contribution in [-0.4, -0.2) is 45.8 Å². The molecule has 0 aromatic heterocycles. The summed E-state index contributed by atoms with van der Waals surface area (Å²) >= 11 is 0. The number of methoxy groups -OCH3 is 1. The molecular weight excluding hydrogens is 224 g/mol.